The van der Waals surface area contributed by atoms with E-state index >= 15 is 0 Å². The molecule has 0 spiro atoms. The summed E-state index contributed by atoms with van der Waals surface area (Å²) < 4.78 is 4.88. The molecule has 98 valence electrons. The summed E-state index contributed by atoms with van der Waals surface area (Å²) in [5, 5.41) is 10.5. The molecule has 0 fully saturated rings. The van der Waals surface area contributed by atoms with Gasteiger partial charge in [0.2, 0.25) is 0 Å². The monoisotopic (exact) mass is 379 g/mol. The standard InChI is InChI=1S/C11H11Br2NO4/c1-2-18-11(15)10(13)9(12)7-3-5-8(6-4-7)14(16)17/h3-6,9-10H,2H2,1H3/t9-,10+/m0/s1. The summed E-state index contributed by atoms with van der Waals surface area (Å²) in [6, 6.07) is 6.00. The number of nitro groups is 1. The molecule has 1 aromatic rings. The lowest BCUT2D eigenvalue weighted by Crippen LogP contribution is -2.21. The maximum atomic E-state index is 11.5. The first-order chi connectivity index (χ1) is 8.47. The largest absolute Gasteiger partial charge is 0.465 e. The van der Waals surface area contributed by atoms with Crippen molar-refractivity contribution in [2.75, 3.05) is 6.61 Å². The number of rotatable bonds is 5. The van der Waals surface area contributed by atoms with Gasteiger partial charge < -0.3 is 4.74 Å². The predicted molar refractivity (Wildman–Crippen MR) is 74.1 cm³/mol. The summed E-state index contributed by atoms with van der Waals surface area (Å²) in [6.07, 6.45) is 0. The van der Waals surface area contributed by atoms with Crippen molar-refractivity contribution in [3.8, 4) is 0 Å². The van der Waals surface area contributed by atoms with Crippen molar-refractivity contribution in [2.45, 2.75) is 16.6 Å². The highest BCUT2D eigenvalue weighted by Gasteiger charge is 2.26. The van der Waals surface area contributed by atoms with Crippen LogP contribution in [0.5, 0.6) is 0 Å². The van der Waals surface area contributed by atoms with Crippen LogP contribution in [0, 0.1) is 10.1 Å². The second-order valence-electron chi connectivity index (χ2n) is 3.40. The van der Waals surface area contributed by atoms with Crippen LogP contribution in [-0.2, 0) is 9.53 Å². The number of nitrogens with zero attached hydrogens (tertiary/aromatic N) is 1. The van der Waals surface area contributed by atoms with Gasteiger partial charge in [0.25, 0.3) is 5.69 Å². The number of esters is 1. The summed E-state index contributed by atoms with van der Waals surface area (Å²) in [5.74, 6) is -0.377. The normalized spacial score (nSPS) is 13.7. The molecule has 0 unspecified atom stereocenters. The predicted octanol–water partition coefficient (Wildman–Crippen LogP) is 3.36. The zero-order valence-corrected chi connectivity index (χ0v) is 12.7. The molecule has 0 aliphatic carbocycles. The first-order valence-electron chi connectivity index (χ1n) is 5.16. The zero-order chi connectivity index (χ0) is 13.7. The van der Waals surface area contributed by atoms with Gasteiger partial charge in [0.05, 0.1) is 16.4 Å². The molecule has 0 saturated heterocycles. The van der Waals surface area contributed by atoms with Crippen molar-refractivity contribution in [3.05, 3.63) is 39.9 Å². The van der Waals surface area contributed by atoms with Crippen LogP contribution in [-0.4, -0.2) is 22.3 Å². The van der Waals surface area contributed by atoms with Gasteiger partial charge >= 0.3 is 5.97 Å². The van der Waals surface area contributed by atoms with E-state index in [9.17, 15) is 14.9 Å². The molecule has 18 heavy (non-hydrogen) atoms. The fraction of sp³-hybridized carbons (Fsp3) is 0.364. The van der Waals surface area contributed by atoms with E-state index in [1.165, 1.54) is 12.1 Å². The van der Waals surface area contributed by atoms with Crippen LogP contribution in [0.2, 0.25) is 0 Å². The molecular weight excluding hydrogens is 370 g/mol. The Labute approximate surface area is 121 Å². The molecule has 0 aliphatic heterocycles. The van der Waals surface area contributed by atoms with Crippen LogP contribution in [0.4, 0.5) is 5.69 Å². The second kappa shape index (κ2) is 6.84. The second-order valence-corrected chi connectivity index (χ2v) is 5.38. The minimum absolute atomic E-state index is 0.0145. The van der Waals surface area contributed by atoms with Gasteiger partial charge in [0.15, 0.2) is 0 Å². The molecule has 0 aliphatic rings. The van der Waals surface area contributed by atoms with Gasteiger partial charge in [-0.2, -0.15) is 0 Å². The van der Waals surface area contributed by atoms with E-state index in [0.717, 1.165) is 5.56 Å². The van der Waals surface area contributed by atoms with E-state index in [0.29, 0.717) is 6.61 Å². The van der Waals surface area contributed by atoms with Gasteiger partial charge in [-0.05, 0) is 12.5 Å². The topological polar surface area (TPSA) is 69.4 Å². The Morgan fingerprint density at radius 2 is 1.94 bits per heavy atom. The van der Waals surface area contributed by atoms with Crippen LogP contribution in [0.1, 0.15) is 17.3 Å². The van der Waals surface area contributed by atoms with Crippen molar-refractivity contribution in [2.24, 2.45) is 0 Å². The molecule has 0 radical (unpaired) electrons. The number of carbonyl (C=O) groups excluding carboxylic acids is 1. The van der Waals surface area contributed by atoms with E-state index in [-0.39, 0.29) is 16.5 Å². The molecule has 5 nitrogen and oxygen atoms in total. The van der Waals surface area contributed by atoms with Gasteiger partial charge in [0.1, 0.15) is 4.83 Å². The highest BCUT2D eigenvalue weighted by Crippen LogP contribution is 2.32. The highest BCUT2D eigenvalue weighted by molar-refractivity contribution is 9.12. The zero-order valence-electron chi connectivity index (χ0n) is 9.51. The number of halogens is 2. The summed E-state index contributed by atoms with van der Waals surface area (Å²) in [6.45, 7) is 2.04. The molecule has 1 aromatic carbocycles. The Morgan fingerprint density at radius 1 is 1.39 bits per heavy atom. The van der Waals surface area contributed by atoms with Crippen molar-refractivity contribution < 1.29 is 14.5 Å². The van der Waals surface area contributed by atoms with E-state index < -0.39 is 9.75 Å². The number of hydrogen-bond acceptors (Lipinski definition) is 4. The highest BCUT2D eigenvalue weighted by atomic mass is 79.9. The number of alkyl halides is 2. The molecule has 2 atom stereocenters. The van der Waals surface area contributed by atoms with Gasteiger partial charge in [-0.3, -0.25) is 14.9 Å². The lowest BCUT2D eigenvalue weighted by Gasteiger charge is -2.15. The number of ether oxygens (including phenoxy) is 1. The fourth-order valence-electron chi connectivity index (χ4n) is 1.29. The van der Waals surface area contributed by atoms with Gasteiger partial charge in [-0.15, -0.1) is 0 Å². The number of non-ortho nitro benzene ring substituents is 1. The fourth-order valence-corrected chi connectivity index (χ4v) is 2.25. The van der Waals surface area contributed by atoms with Crippen molar-refractivity contribution in [1.82, 2.24) is 0 Å². The van der Waals surface area contributed by atoms with Crippen LogP contribution >= 0.6 is 31.9 Å². The lowest BCUT2D eigenvalue weighted by molar-refractivity contribution is -0.384. The van der Waals surface area contributed by atoms with Crippen molar-refractivity contribution in [3.63, 3.8) is 0 Å². The Morgan fingerprint density at radius 3 is 2.39 bits per heavy atom. The summed E-state index contributed by atoms with van der Waals surface area (Å²) >= 11 is 6.60. The molecule has 7 heteroatoms. The van der Waals surface area contributed by atoms with E-state index in [2.05, 4.69) is 31.9 Å². The molecule has 0 saturated carbocycles. The third-order valence-electron chi connectivity index (χ3n) is 2.19. The molecule has 0 heterocycles. The van der Waals surface area contributed by atoms with E-state index in [1.54, 1.807) is 19.1 Å². The SMILES string of the molecule is CCOC(=O)[C@H](Br)[C@@H](Br)c1ccc([N+](=O)[O-])cc1. The molecular formula is C11H11Br2NO4. The average molecular weight is 381 g/mol. The molecule has 1 rings (SSSR count). The van der Waals surface area contributed by atoms with Crippen molar-refractivity contribution >= 4 is 43.5 Å². The van der Waals surface area contributed by atoms with Crippen LogP contribution in [0.25, 0.3) is 0 Å². The number of nitro benzene ring substituents is 1. The van der Waals surface area contributed by atoms with Crippen LogP contribution in [0.3, 0.4) is 0 Å². The summed E-state index contributed by atoms with van der Waals surface area (Å²) in [5.41, 5.74) is 0.774. The maximum Gasteiger partial charge on any atom is 0.321 e. The third-order valence-corrected chi connectivity index (χ3v) is 4.86. The van der Waals surface area contributed by atoms with Gasteiger partial charge in [0, 0.05) is 12.1 Å². The maximum absolute atomic E-state index is 11.5. The van der Waals surface area contributed by atoms with E-state index in [1.807, 2.05) is 0 Å². The summed E-state index contributed by atoms with van der Waals surface area (Å²) in [7, 11) is 0. The first kappa shape index (κ1) is 15.1. The van der Waals surface area contributed by atoms with Gasteiger partial charge in [-0.1, -0.05) is 44.0 Å². The molecule has 0 N–H and O–H groups in total. The van der Waals surface area contributed by atoms with Crippen LogP contribution in [0.15, 0.2) is 24.3 Å². The smallest absolute Gasteiger partial charge is 0.321 e. The van der Waals surface area contributed by atoms with E-state index in [4.69, 9.17) is 4.74 Å². The minimum Gasteiger partial charge on any atom is -0.465 e. The van der Waals surface area contributed by atoms with Crippen LogP contribution < -0.4 is 0 Å². The molecule has 0 bridgehead atoms. The Balaban J connectivity index is 2.80. The number of hydrogen-bond donors (Lipinski definition) is 0. The molecule has 0 aromatic heterocycles. The lowest BCUT2D eigenvalue weighted by atomic mass is 10.1. The Bertz CT molecular complexity index is 435. The third kappa shape index (κ3) is 3.78. The molecule has 0 amide bonds. The number of carbonyl (C=O) groups is 1. The quantitative estimate of drug-likeness (QED) is 0.340. The van der Waals surface area contributed by atoms with Crippen molar-refractivity contribution in [1.29, 1.82) is 0 Å². The minimum atomic E-state index is -0.543. The van der Waals surface area contributed by atoms with Gasteiger partial charge in [-0.25, -0.2) is 0 Å². The first-order valence-corrected chi connectivity index (χ1v) is 6.99. The average Bonchev–Trinajstić information content (AvgIpc) is 2.37. The Kier molecular flexibility index (Phi) is 5.74. The summed E-state index contributed by atoms with van der Waals surface area (Å²) in [4.78, 5) is 20.7. The number of benzene rings is 1. The Hall–Kier alpha value is -0.950.